The highest BCUT2D eigenvalue weighted by Crippen LogP contribution is 2.33. The van der Waals surface area contributed by atoms with Crippen LogP contribution < -0.4 is 10.2 Å². The predicted octanol–water partition coefficient (Wildman–Crippen LogP) is 3.00. The average molecular weight is 555 g/mol. The molecule has 1 aromatic rings. The lowest BCUT2D eigenvalue weighted by atomic mass is 10.1. The normalized spacial score (nSPS) is 19.4. The number of hydrogen-bond donors (Lipinski definition) is 2. The molecule has 10 heteroatoms. The van der Waals surface area contributed by atoms with E-state index >= 15 is 0 Å². The van der Waals surface area contributed by atoms with E-state index in [4.69, 9.17) is 0 Å². The molecule has 31 heavy (non-hydrogen) atoms. The summed E-state index contributed by atoms with van der Waals surface area (Å²) in [7, 11) is 2.05. The first-order valence-corrected chi connectivity index (χ1v) is 10.6. The zero-order valence-corrected chi connectivity index (χ0v) is 20.5. The molecule has 0 saturated carbocycles. The van der Waals surface area contributed by atoms with Crippen LogP contribution >= 0.6 is 24.0 Å². The number of piperidine rings is 1. The van der Waals surface area contributed by atoms with Crippen molar-refractivity contribution < 1.29 is 18.3 Å². The number of halogens is 4. The number of benzene rings is 1. The Hall–Kier alpha value is -1.27. The summed E-state index contributed by atoms with van der Waals surface area (Å²) in [5, 5.41) is 13.0. The lowest BCUT2D eigenvalue weighted by Crippen LogP contribution is -2.46. The van der Waals surface area contributed by atoms with Gasteiger partial charge in [0.15, 0.2) is 5.96 Å². The smallest absolute Gasteiger partial charge is 0.393 e. The van der Waals surface area contributed by atoms with E-state index in [0.717, 1.165) is 37.9 Å². The van der Waals surface area contributed by atoms with Gasteiger partial charge in [-0.25, -0.2) is 4.99 Å². The molecule has 0 radical (unpaired) electrons. The van der Waals surface area contributed by atoms with Crippen LogP contribution in [0.15, 0.2) is 23.2 Å². The molecule has 0 aromatic heterocycles. The van der Waals surface area contributed by atoms with E-state index in [1.807, 2.05) is 14.0 Å². The van der Waals surface area contributed by atoms with Crippen molar-refractivity contribution in [3.63, 3.8) is 0 Å². The van der Waals surface area contributed by atoms with E-state index < -0.39 is 11.7 Å². The molecule has 3 rings (SSSR count). The number of likely N-dealkylation sites (N-methyl/N-ethyl adjacent to an activating group) is 1. The third-order valence-corrected chi connectivity index (χ3v) is 5.75. The van der Waals surface area contributed by atoms with Crippen molar-refractivity contribution in [1.82, 2.24) is 15.1 Å². The summed E-state index contributed by atoms with van der Waals surface area (Å²) < 4.78 is 40.0. The van der Waals surface area contributed by atoms with Gasteiger partial charge in [-0.1, -0.05) is 0 Å². The van der Waals surface area contributed by atoms with Crippen LogP contribution in [0.25, 0.3) is 0 Å². The van der Waals surface area contributed by atoms with Crippen LogP contribution in [0, 0.1) is 0 Å². The Balaban J connectivity index is 0.00000341. The van der Waals surface area contributed by atoms with Crippen molar-refractivity contribution in [2.24, 2.45) is 4.99 Å². The van der Waals surface area contributed by atoms with Crippen LogP contribution in [0.3, 0.4) is 0 Å². The van der Waals surface area contributed by atoms with Gasteiger partial charge in [-0.05, 0) is 50.6 Å². The number of nitrogens with zero attached hydrogens (tertiary/aromatic N) is 4. The number of guanidine groups is 1. The number of nitrogens with one attached hydrogen (secondary N) is 1. The Bertz CT molecular complexity index is 730. The van der Waals surface area contributed by atoms with Gasteiger partial charge in [0.25, 0.3) is 0 Å². The number of rotatable bonds is 4. The second-order valence-electron chi connectivity index (χ2n) is 8.02. The van der Waals surface area contributed by atoms with Gasteiger partial charge in [0, 0.05) is 51.5 Å². The summed E-state index contributed by atoms with van der Waals surface area (Å²) in [6.45, 7) is 7.49. The number of aliphatic imine (C=N–C) groups is 1. The van der Waals surface area contributed by atoms with Crippen molar-refractivity contribution >= 4 is 35.6 Å². The summed E-state index contributed by atoms with van der Waals surface area (Å²) in [5.41, 5.74) is 0.767. The molecule has 0 aliphatic carbocycles. The molecule has 2 N–H and O–H groups in total. The zero-order valence-electron chi connectivity index (χ0n) is 18.2. The van der Waals surface area contributed by atoms with E-state index in [9.17, 15) is 18.3 Å². The Morgan fingerprint density at radius 1 is 1.13 bits per heavy atom. The molecule has 0 unspecified atom stereocenters. The lowest BCUT2D eigenvalue weighted by Gasteiger charge is -2.35. The van der Waals surface area contributed by atoms with E-state index in [-0.39, 0.29) is 36.6 Å². The first-order chi connectivity index (χ1) is 14.3. The van der Waals surface area contributed by atoms with Crippen LogP contribution in [0.1, 0.15) is 30.9 Å². The van der Waals surface area contributed by atoms with Gasteiger partial charge >= 0.3 is 6.18 Å². The van der Waals surface area contributed by atoms with Crippen molar-refractivity contribution in [2.75, 3.05) is 57.8 Å². The number of alkyl halides is 3. The van der Waals surface area contributed by atoms with Gasteiger partial charge in [0.05, 0.1) is 18.2 Å². The molecule has 6 nitrogen and oxygen atoms in total. The molecule has 0 spiro atoms. The maximum atomic E-state index is 13.3. The Morgan fingerprint density at radius 2 is 1.77 bits per heavy atom. The maximum absolute atomic E-state index is 13.3. The Labute approximate surface area is 199 Å². The fourth-order valence-electron chi connectivity index (χ4n) is 3.91. The van der Waals surface area contributed by atoms with Crippen molar-refractivity contribution in [3.8, 4) is 0 Å². The average Bonchev–Trinajstić information content (AvgIpc) is 2.72. The molecule has 0 atom stereocenters. The first kappa shape index (κ1) is 26.0. The van der Waals surface area contributed by atoms with Gasteiger partial charge in [0.2, 0.25) is 0 Å². The van der Waals surface area contributed by atoms with Crippen LogP contribution in [-0.4, -0.2) is 79.8 Å². The Morgan fingerprint density at radius 3 is 2.35 bits per heavy atom. The molecular formula is C21H33F3IN5O. The fourth-order valence-corrected chi connectivity index (χ4v) is 3.91. The van der Waals surface area contributed by atoms with E-state index in [0.29, 0.717) is 44.0 Å². The van der Waals surface area contributed by atoms with Gasteiger partial charge in [-0.15, -0.1) is 24.0 Å². The number of likely N-dealkylation sites (tertiary alicyclic amines) is 1. The van der Waals surface area contributed by atoms with Crippen molar-refractivity contribution in [2.45, 2.75) is 38.6 Å². The summed E-state index contributed by atoms with van der Waals surface area (Å²) in [5.74, 6) is 0.686. The molecule has 2 fully saturated rings. The number of aliphatic hydroxyl groups excluding tert-OH is 1. The van der Waals surface area contributed by atoms with Crippen LogP contribution in [-0.2, 0) is 12.7 Å². The van der Waals surface area contributed by atoms with Gasteiger partial charge in [0.1, 0.15) is 0 Å². The van der Waals surface area contributed by atoms with Crippen LogP contribution in [0.5, 0.6) is 0 Å². The molecule has 2 aliphatic heterocycles. The molecular weight excluding hydrogens is 522 g/mol. The second-order valence-corrected chi connectivity index (χ2v) is 8.02. The lowest BCUT2D eigenvalue weighted by molar-refractivity contribution is -0.137. The van der Waals surface area contributed by atoms with Gasteiger partial charge < -0.3 is 25.1 Å². The topological polar surface area (TPSA) is 54.3 Å². The van der Waals surface area contributed by atoms with Gasteiger partial charge in [-0.3, -0.25) is 0 Å². The number of hydrogen-bond acceptors (Lipinski definition) is 4. The SMILES string of the molecule is CCNC(=NCc1cc(C(F)(F)F)ccc1N1CCN(C)CC1)N1CCC(O)CC1.I. The largest absolute Gasteiger partial charge is 0.416 e. The minimum absolute atomic E-state index is 0. The van der Waals surface area contributed by atoms with Crippen LogP contribution in [0.2, 0.25) is 0 Å². The monoisotopic (exact) mass is 555 g/mol. The maximum Gasteiger partial charge on any atom is 0.416 e. The van der Waals surface area contributed by atoms with Crippen molar-refractivity contribution in [3.05, 3.63) is 29.3 Å². The fraction of sp³-hybridized carbons (Fsp3) is 0.667. The number of anilines is 1. The first-order valence-electron chi connectivity index (χ1n) is 10.6. The molecule has 2 heterocycles. The minimum atomic E-state index is -4.38. The summed E-state index contributed by atoms with van der Waals surface area (Å²) >= 11 is 0. The van der Waals surface area contributed by atoms with Gasteiger partial charge in [-0.2, -0.15) is 13.2 Å². The summed E-state index contributed by atoms with van der Waals surface area (Å²) in [6, 6.07) is 3.99. The third-order valence-electron chi connectivity index (χ3n) is 5.75. The zero-order chi connectivity index (χ0) is 21.7. The third kappa shape index (κ3) is 7.11. The molecule has 0 bridgehead atoms. The van der Waals surface area contributed by atoms with E-state index in [2.05, 4.69) is 25.0 Å². The van der Waals surface area contributed by atoms with Crippen molar-refractivity contribution in [1.29, 1.82) is 0 Å². The predicted molar refractivity (Wildman–Crippen MR) is 128 cm³/mol. The van der Waals surface area contributed by atoms with E-state index in [1.165, 1.54) is 6.07 Å². The number of aliphatic hydroxyl groups is 1. The second kappa shape index (κ2) is 11.6. The highest BCUT2D eigenvalue weighted by molar-refractivity contribution is 14.0. The van der Waals surface area contributed by atoms with Crippen LogP contribution in [0.4, 0.5) is 18.9 Å². The number of piperazine rings is 1. The molecule has 2 aliphatic rings. The summed E-state index contributed by atoms with van der Waals surface area (Å²) in [6.07, 6.45) is -3.34. The molecule has 1 aromatic carbocycles. The standard InChI is InChI=1S/C21H32F3N5O.HI/c1-3-25-20(29-8-6-18(30)7-9-29)26-15-16-14-17(21(22,23)24)4-5-19(16)28-12-10-27(2)11-13-28;/h4-5,14,18,30H,3,6-13,15H2,1-2H3,(H,25,26);1H. The molecule has 176 valence electrons. The quantitative estimate of drug-likeness (QED) is 0.340. The highest BCUT2D eigenvalue weighted by atomic mass is 127. The molecule has 2 saturated heterocycles. The Kier molecular flexibility index (Phi) is 9.68. The van der Waals surface area contributed by atoms with E-state index in [1.54, 1.807) is 6.07 Å². The highest BCUT2D eigenvalue weighted by Gasteiger charge is 2.31. The minimum Gasteiger partial charge on any atom is -0.393 e. The summed E-state index contributed by atoms with van der Waals surface area (Å²) in [4.78, 5) is 11.1. The molecule has 0 amide bonds.